The Bertz CT molecular complexity index is 287. The second-order valence-electron chi connectivity index (χ2n) is 2.72. The summed E-state index contributed by atoms with van der Waals surface area (Å²) >= 11 is 1.43. The molecule has 0 aliphatic heterocycles. The summed E-state index contributed by atoms with van der Waals surface area (Å²) in [6, 6.07) is 0. The lowest BCUT2D eigenvalue weighted by Crippen LogP contribution is -2.08. The van der Waals surface area contributed by atoms with Crippen LogP contribution < -0.4 is 0 Å². The summed E-state index contributed by atoms with van der Waals surface area (Å²) in [5, 5.41) is 0.559. The van der Waals surface area contributed by atoms with Crippen LogP contribution in [0.1, 0.15) is 27.3 Å². The van der Waals surface area contributed by atoms with E-state index in [-0.39, 0.29) is 12.4 Å². The number of carbonyl (C=O) groups excluding carboxylic acids is 1. The number of aromatic nitrogens is 1. The zero-order chi connectivity index (χ0) is 9.84. The first-order valence-electron chi connectivity index (χ1n) is 4.20. The largest absolute Gasteiger partial charge is 0.373 e. The van der Waals surface area contributed by atoms with Gasteiger partial charge in [0.25, 0.3) is 0 Å². The molecular formula is C9H13NO2S. The molecule has 1 heterocycles. The number of Topliss-reactive ketones (excluding diaryl/α,β-unsaturated/α-hetero) is 1. The maximum Gasteiger partial charge on any atom is 0.216 e. The lowest BCUT2D eigenvalue weighted by Gasteiger charge is -1.95. The molecule has 4 heteroatoms. The predicted molar refractivity (Wildman–Crippen MR) is 52.4 cm³/mol. The van der Waals surface area contributed by atoms with Gasteiger partial charge in [-0.2, -0.15) is 0 Å². The lowest BCUT2D eigenvalue weighted by atomic mass is 10.4. The first kappa shape index (κ1) is 10.3. The molecule has 0 N–H and O–H groups in total. The fourth-order valence-corrected chi connectivity index (χ4v) is 1.69. The molecule has 0 aliphatic rings. The van der Waals surface area contributed by atoms with Crippen LogP contribution in [0.5, 0.6) is 0 Å². The van der Waals surface area contributed by atoms with Gasteiger partial charge in [-0.25, -0.2) is 4.98 Å². The quantitative estimate of drug-likeness (QED) is 0.696. The van der Waals surface area contributed by atoms with Crippen molar-refractivity contribution in [3.8, 4) is 0 Å². The van der Waals surface area contributed by atoms with Gasteiger partial charge in [0.1, 0.15) is 6.61 Å². The van der Waals surface area contributed by atoms with Crippen molar-refractivity contribution >= 4 is 17.1 Å². The predicted octanol–water partition coefficient (Wildman–Crippen LogP) is 1.98. The van der Waals surface area contributed by atoms with Crippen molar-refractivity contribution in [3.05, 3.63) is 15.6 Å². The molecule has 0 aromatic carbocycles. The maximum atomic E-state index is 11.4. The van der Waals surface area contributed by atoms with E-state index in [1.807, 2.05) is 20.8 Å². The minimum atomic E-state index is -0.0250. The van der Waals surface area contributed by atoms with E-state index < -0.39 is 0 Å². The Hall–Kier alpha value is -0.740. The molecule has 13 heavy (non-hydrogen) atoms. The van der Waals surface area contributed by atoms with Crippen molar-refractivity contribution < 1.29 is 9.53 Å². The molecule has 72 valence electrons. The van der Waals surface area contributed by atoms with Crippen LogP contribution in [0.15, 0.2) is 0 Å². The van der Waals surface area contributed by atoms with Crippen LogP contribution in [0.25, 0.3) is 0 Å². The van der Waals surface area contributed by atoms with Gasteiger partial charge in [0.15, 0.2) is 5.01 Å². The van der Waals surface area contributed by atoms with Crippen LogP contribution in [0.3, 0.4) is 0 Å². The summed E-state index contributed by atoms with van der Waals surface area (Å²) in [7, 11) is 0. The Labute approximate surface area is 81.8 Å². The molecule has 0 fully saturated rings. The third-order valence-corrected chi connectivity index (χ3v) is 2.82. The van der Waals surface area contributed by atoms with Crippen LogP contribution in [0.2, 0.25) is 0 Å². The molecule has 0 saturated heterocycles. The molecular weight excluding hydrogens is 186 g/mol. The van der Waals surface area contributed by atoms with Gasteiger partial charge in [0.2, 0.25) is 5.78 Å². The fourth-order valence-electron chi connectivity index (χ4n) is 0.848. The van der Waals surface area contributed by atoms with Gasteiger partial charge in [-0.05, 0) is 20.8 Å². The van der Waals surface area contributed by atoms with Gasteiger partial charge in [-0.15, -0.1) is 11.3 Å². The first-order valence-corrected chi connectivity index (χ1v) is 5.01. The van der Waals surface area contributed by atoms with Gasteiger partial charge in [-0.1, -0.05) is 0 Å². The molecule has 0 spiro atoms. The van der Waals surface area contributed by atoms with E-state index in [1.165, 1.54) is 11.3 Å². The summed E-state index contributed by atoms with van der Waals surface area (Å²) in [6.07, 6.45) is 0. The van der Waals surface area contributed by atoms with Gasteiger partial charge in [0.05, 0.1) is 5.69 Å². The molecule has 0 bridgehead atoms. The highest BCUT2D eigenvalue weighted by Crippen LogP contribution is 2.16. The SMILES string of the molecule is CCOCC(=O)c1nc(C)c(C)s1. The van der Waals surface area contributed by atoms with Crippen molar-refractivity contribution in [1.82, 2.24) is 4.98 Å². The van der Waals surface area contributed by atoms with E-state index >= 15 is 0 Å². The van der Waals surface area contributed by atoms with Crippen LogP contribution in [0.4, 0.5) is 0 Å². The minimum Gasteiger partial charge on any atom is -0.373 e. The normalized spacial score (nSPS) is 10.4. The molecule has 3 nitrogen and oxygen atoms in total. The van der Waals surface area contributed by atoms with E-state index in [0.717, 1.165) is 10.6 Å². The van der Waals surface area contributed by atoms with Crippen LogP contribution >= 0.6 is 11.3 Å². The highest BCUT2D eigenvalue weighted by Gasteiger charge is 2.11. The summed E-state index contributed by atoms with van der Waals surface area (Å²) in [5.41, 5.74) is 0.935. The number of nitrogens with zero attached hydrogens (tertiary/aromatic N) is 1. The second-order valence-corrected chi connectivity index (χ2v) is 3.92. The summed E-state index contributed by atoms with van der Waals surface area (Å²) < 4.78 is 5.02. The summed E-state index contributed by atoms with van der Waals surface area (Å²) in [4.78, 5) is 16.6. The Balaban J connectivity index is 2.66. The lowest BCUT2D eigenvalue weighted by molar-refractivity contribution is 0.0783. The van der Waals surface area contributed by atoms with E-state index in [2.05, 4.69) is 4.98 Å². The summed E-state index contributed by atoms with van der Waals surface area (Å²) in [6.45, 7) is 6.44. The number of hydrogen-bond donors (Lipinski definition) is 0. The van der Waals surface area contributed by atoms with E-state index in [4.69, 9.17) is 4.74 Å². The van der Waals surface area contributed by atoms with Crippen molar-refractivity contribution in [2.75, 3.05) is 13.2 Å². The number of aryl methyl sites for hydroxylation is 2. The number of hydrogen-bond acceptors (Lipinski definition) is 4. The van der Waals surface area contributed by atoms with Gasteiger partial charge >= 0.3 is 0 Å². The molecule has 0 aliphatic carbocycles. The van der Waals surface area contributed by atoms with Gasteiger partial charge in [-0.3, -0.25) is 4.79 Å². The van der Waals surface area contributed by atoms with Gasteiger partial charge in [0, 0.05) is 11.5 Å². The maximum absolute atomic E-state index is 11.4. The zero-order valence-corrected chi connectivity index (χ0v) is 8.90. The minimum absolute atomic E-state index is 0.0250. The molecule has 1 aromatic rings. The van der Waals surface area contributed by atoms with Gasteiger partial charge < -0.3 is 4.74 Å². The molecule has 0 unspecified atom stereocenters. The van der Waals surface area contributed by atoms with Crippen LogP contribution in [-0.4, -0.2) is 24.0 Å². The summed E-state index contributed by atoms with van der Waals surface area (Å²) in [5.74, 6) is -0.0250. The smallest absolute Gasteiger partial charge is 0.216 e. The van der Waals surface area contributed by atoms with Crippen molar-refractivity contribution in [3.63, 3.8) is 0 Å². The Morgan fingerprint density at radius 3 is 2.69 bits per heavy atom. The monoisotopic (exact) mass is 199 g/mol. The Kier molecular flexibility index (Phi) is 3.57. The number of thiazole rings is 1. The van der Waals surface area contributed by atoms with Crippen LogP contribution in [-0.2, 0) is 4.74 Å². The van der Waals surface area contributed by atoms with E-state index in [1.54, 1.807) is 0 Å². The Morgan fingerprint density at radius 1 is 1.54 bits per heavy atom. The number of ether oxygens (including phenoxy) is 1. The standard InChI is InChI=1S/C9H13NO2S/c1-4-12-5-8(11)9-10-6(2)7(3)13-9/h4-5H2,1-3H3. The average molecular weight is 199 g/mol. The topological polar surface area (TPSA) is 39.2 Å². The molecule has 0 saturated carbocycles. The highest BCUT2D eigenvalue weighted by atomic mass is 32.1. The molecule has 0 atom stereocenters. The molecule has 0 amide bonds. The fraction of sp³-hybridized carbons (Fsp3) is 0.556. The number of carbonyl (C=O) groups is 1. The second kappa shape index (κ2) is 4.48. The highest BCUT2D eigenvalue weighted by molar-refractivity contribution is 7.13. The molecule has 0 radical (unpaired) electrons. The molecule has 1 rings (SSSR count). The van der Waals surface area contributed by atoms with E-state index in [0.29, 0.717) is 11.6 Å². The number of rotatable bonds is 4. The third kappa shape index (κ3) is 2.60. The Morgan fingerprint density at radius 2 is 2.23 bits per heavy atom. The first-order chi connectivity index (χ1) is 6.15. The van der Waals surface area contributed by atoms with Crippen LogP contribution in [0, 0.1) is 13.8 Å². The number of ketones is 1. The van der Waals surface area contributed by atoms with E-state index in [9.17, 15) is 4.79 Å². The van der Waals surface area contributed by atoms with Crippen molar-refractivity contribution in [2.24, 2.45) is 0 Å². The zero-order valence-electron chi connectivity index (χ0n) is 8.09. The average Bonchev–Trinajstić information content (AvgIpc) is 2.43. The van der Waals surface area contributed by atoms with Crippen molar-refractivity contribution in [2.45, 2.75) is 20.8 Å². The molecule has 1 aromatic heterocycles. The third-order valence-electron chi connectivity index (χ3n) is 1.70. The van der Waals surface area contributed by atoms with Crippen molar-refractivity contribution in [1.29, 1.82) is 0 Å².